The van der Waals surface area contributed by atoms with E-state index in [1.165, 1.54) is 11.1 Å². The van der Waals surface area contributed by atoms with E-state index in [1.807, 2.05) is 25.5 Å². The third-order valence-electron chi connectivity index (χ3n) is 5.06. The van der Waals surface area contributed by atoms with Crippen molar-refractivity contribution in [2.24, 2.45) is 0 Å². The van der Waals surface area contributed by atoms with Gasteiger partial charge in [-0.1, -0.05) is 39.0 Å². The van der Waals surface area contributed by atoms with Gasteiger partial charge >= 0.3 is 6.09 Å². The summed E-state index contributed by atoms with van der Waals surface area (Å²) in [5.41, 5.74) is 5.29. The van der Waals surface area contributed by atoms with Crippen molar-refractivity contribution in [1.29, 1.82) is 0 Å². The average molecular weight is 396 g/mol. The standard InChI is InChI=1S/C24H33N3O2/c1-17-16-21(18-12-14-26(15-13-18)22(28)29-24(5,6)7)25-27(17)20-10-8-19(9-11-20)23(2,3)4/h8-12,16H,13-15H2,1-7H3. The lowest BCUT2D eigenvalue weighted by molar-refractivity contribution is 0.0270. The molecule has 1 aromatic heterocycles. The van der Waals surface area contributed by atoms with Gasteiger partial charge in [0.15, 0.2) is 0 Å². The molecule has 0 saturated heterocycles. The van der Waals surface area contributed by atoms with Gasteiger partial charge in [-0.15, -0.1) is 0 Å². The zero-order valence-electron chi connectivity index (χ0n) is 18.7. The van der Waals surface area contributed by atoms with Gasteiger partial charge in [0.25, 0.3) is 0 Å². The fraction of sp³-hybridized carbons (Fsp3) is 0.500. The SMILES string of the molecule is Cc1cc(C2=CCN(C(=O)OC(C)(C)C)CC2)nn1-c1ccc(C(C)(C)C)cc1. The van der Waals surface area contributed by atoms with E-state index in [-0.39, 0.29) is 11.5 Å². The summed E-state index contributed by atoms with van der Waals surface area (Å²) >= 11 is 0. The molecule has 29 heavy (non-hydrogen) atoms. The maximum atomic E-state index is 12.3. The molecule has 0 fully saturated rings. The first-order valence-electron chi connectivity index (χ1n) is 10.3. The fourth-order valence-electron chi connectivity index (χ4n) is 3.39. The lowest BCUT2D eigenvalue weighted by atomic mass is 9.87. The van der Waals surface area contributed by atoms with E-state index in [0.717, 1.165) is 23.5 Å². The van der Waals surface area contributed by atoms with Gasteiger partial charge in [0, 0.05) is 18.8 Å². The number of aryl methyl sites for hydroxylation is 1. The molecule has 1 aliphatic heterocycles. The first-order chi connectivity index (χ1) is 13.4. The van der Waals surface area contributed by atoms with E-state index >= 15 is 0 Å². The van der Waals surface area contributed by atoms with Crippen LogP contribution in [-0.2, 0) is 10.2 Å². The molecule has 2 aromatic rings. The van der Waals surface area contributed by atoms with Crippen molar-refractivity contribution < 1.29 is 9.53 Å². The Bertz CT molecular complexity index is 909. The van der Waals surface area contributed by atoms with Crippen molar-refractivity contribution in [3.63, 3.8) is 0 Å². The zero-order valence-corrected chi connectivity index (χ0v) is 18.7. The highest BCUT2D eigenvalue weighted by Gasteiger charge is 2.24. The number of benzene rings is 1. The normalized spacial score (nSPS) is 15.3. The number of ether oxygens (including phenoxy) is 1. The third-order valence-corrected chi connectivity index (χ3v) is 5.06. The molecule has 0 unspecified atom stereocenters. The zero-order chi connectivity index (χ0) is 21.4. The second-order valence-corrected chi connectivity index (χ2v) is 9.79. The summed E-state index contributed by atoms with van der Waals surface area (Å²) in [6.07, 6.45) is 2.61. The van der Waals surface area contributed by atoms with Crippen molar-refractivity contribution in [2.45, 2.75) is 65.9 Å². The summed E-state index contributed by atoms with van der Waals surface area (Å²) in [5, 5.41) is 4.84. The van der Waals surface area contributed by atoms with Crippen LogP contribution in [0.15, 0.2) is 36.4 Å². The van der Waals surface area contributed by atoms with Gasteiger partial charge in [0.1, 0.15) is 5.60 Å². The second kappa shape index (κ2) is 7.69. The number of amides is 1. The number of hydrogen-bond donors (Lipinski definition) is 0. The molecule has 156 valence electrons. The van der Waals surface area contributed by atoms with Crippen molar-refractivity contribution in [2.75, 3.05) is 13.1 Å². The Morgan fingerprint density at radius 2 is 1.72 bits per heavy atom. The first-order valence-corrected chi connectivity index (χ1v) is 10.3. The number of nitrogens with zero attached hydrogens (tertiary/aromatic N) is 3. The highest BCUT2D eigenvalue weighted by molar-refractivity contribution is 5.72. The molecule has 0 atom stereocenters. The maximum absolute atomic E-state index is 12.3. The predicted molar refractivity (Wildman–Crippen MR) is 117 cm³/mol. The van der Waals surface area contributed by atoms with E-state index in [9.17, 15) is 4.79 Å². The molecule has 0 bridgehead atoms. The van der Waals surface area contributed by atoms with Crippen LogP contribution in [0.5, 0.6) is 0 Å². The predicted octanol–water partition coefficient (Wildman–Crippen LogP) is 5.50. The van der Waals surface area contributed by atoms with Crippen LogP contribution >= 0.6 is 0 Å². The first kappa shape index (κ1) is 21.2. The van der Waals surface area contributed by atoms with Crippen LogP contribution in [0, 0.1) is 6.92 Å². The number of carbonyl (C=O) groups is 1. The van der Waals surface area contributed by atoms with Gasteiger partial charge in [0.2, 0.25) is 0 Å². The van der Waals surface area contributed by atoms with Crippen LogP contribution in [0.25, 0.3) is 11.3 Å². The second-order valence-electron chi connectivity index (χ2n) is 9.79. The molecule has 5 nitrogen and oxygen atoms in total. The highest BCUT2D eigenvalue weighted by atomic mass is 16.6. The summed E-state index contributed by atoms with van der Waals surface area (Å²) < 4.78 is 7.46. The Morgan fingerprint density at radius 1 is 1.07 bits per heavy atom. The average Bonchev–Trinajstić information content (AvgIpc) is 3.01. The number of aromatic nitrogens is 2. The molecule has 0 N–H and O–H groups in total. The van der Waals surface area contributed by atoms with Gasteiger partial charge in [-0.05, 0) is 68.9 Å². The summed E-state index contributed by atoms with van der Waals surface area (Å²) in [4.78, 5) is 14.0. The Balaban J connectivity index is 1.75. The molecule has 0 radical (unpaired) electrons. The Kier molecular flexibility index (Phi) is 5.61. The lowest BCUT2D eigenvalue weighted by Gasteiger charge is -2.29. The van der Waals surface area contributed by atoms with Crippen LogP contribution < -0.4 is 0 Å². The van der Waals surface area contributed by atoms with Crippen molar-refractivity contribution in [3.05, 3.63) is 53.4 Å². The summed E-state index contributed by atoms with van der Waals surface area (Å²) in [7, 11) is 0. The smallest absolute Gasteiger partial charge is 0.410 e. The summed E-state index contributed by atoms with van der Waals surface area (Å²) in [6, 6.07) is 10.7. The molecule has 1 amide bonds. The van der Waals surface area contributed by atoms with Crippen LogP contribution in [0.1, 0.15) is 64.9 Å². The molecule has 2 heterocycles. The van der Waals surface area contributed by atoms with E-state index in [0.29, 0.717) is 13.1 Å². The number of carbonyl (C=O) groups excluding carboxylic acids is 1. The largest absolute Gasteiger partial charge is 0.444 e. The third kappa shape index (κ3) is 5.08. The molecule has 5 heteroatoms. The summed E-state index contributed by atoms with van der Waals surface area (Å²) in [6.45, 7) is 15.6. The van der Waals surface area contributed by atoms with E-state index in [2.05, 4.69) is 64.1 Å². The minimum atomic E-state index is -0.473. The minimum Gasteiger partial charge on any atom is -0.444 e. The van der Waals surface area contributed by atoms with Crippen LogP contribution in [-0.4, -0.2) is 39.5 Å². The minimum absolute atomic E-state index is 0.135. The summed E-state index contributed by atoms with van der Waals surface area (Å²) in [5.74, 6) is 0. The van der Waals surface area contributed by atoms with Gasteiger partial charge in [-0.2, -0.15) is 5.10 Å². The van der Waals surface area contributed by atoms with Gasteiger partial charge < -0.3 is 9.64 Å². The van der Waals surface area contributed by atoms with Crippen LogP contribution in [0.4, 0.5) is 4.79 Å². The molecular weight excluding hydrogens is 362 g/mol. The lowest BCUT2D eigenvalue weighted by Crippen LogP contribution is -2.39. The molecule has 0 spiro atoms. The molecule has 1 aromatic carbocycles. The van der Waals surface area contributed by atoms with Crippen molar-refractivity contribution >= 4 is 11.7 Å². The molecule has 3 rings (SSSR count). The van der Waals surface area contributed by atoms with E-state index < -0.39 is 5.60 Å². The molecule has 0 saturated carbocycles. The van der Waals surface area contributed by atoms with Gasteiger partial charge in [-0.25, -0.2) is 9.48 Å². The fourth-order valence-corrected chi connectivity index (χ4v) is 3.39. The van der Waals surface area contributed by atoms with E-state index in [4.69, 9.17) is 9.84 Å². The molecule has 0 aliphatic carbocycles. The quantitative estimate of drug-likeness (QED) is 0.674. The van der Waals surface area contributed by atoms with E-state index in [1.54, 1.807) is 4.90 Å². The maximum Gasteiger partial charge on any atom is 0.410 e. The van der Waals surface area contributed by atoms with Crippen molar-refractivity contribution in [3.8, 4) is 5.69 Å². The topological polar surface area (TPSA) is 47.4 Å². The number of hydrogen-bond acceptors (Lipinski definition) is 3. The Morgan fingerprint density at radius 3 is 2.24 bits per heavy atom. The van der Waals surface area contributed by atoms with Gasteiger partial charge in [0.05, 0.1) is 11.4 Å². The van der Waals surface area contributed by atoms with Gasteiger partial charge in [-0.3, -0.25) is 0 Å². The molecule has 1 aliphatic rings. The monoisotopic (exact) mass is 395 g/mol. The number of rotatable bonds is 2. The Hall–Kier alpha value is -2.56. The highest BCUT2D eigenvalue weighted by Crippen LogP contribution is 2.26. The van der Waals surface area contributed by atoms with Crippen molar-refractivity contribution in [1.82, 2.24) is 14.7 Å². The van der Waals surface area contributed by atoms with Crippen LogP contribution in [0.3, 0.4) is 0 Å². The molecular formula is C24H33N3O2. The van der Waals surface area contributed by atoms with Crippen LogP contribution in [0.2, 0.25) is 0 Å². The Labute approximate surface area is 174 Å².